The number of hydrogen-bond donors (Lipinski definition) is 2. The first-order chi connectivity index (χ1) is 11.5. The molecular weight excluding hydrogens is 309 g/mol. The van der Waals surface area contributed by atoms with Crippen molar-refractivity contribution in [2.75, 3.05) is 0 Å². The quantitative estimate of drug-likeness (QED) is 0.841. The Morgan fingerprint density at radius 1 is 1.17 bits per heavy atom. The SMILES string of the molecule is N#Cc1ccc(C[C@@H](NC(=O)Cc2cccc(F)c2)C(N)=O)cc1. The van der Waals surface area contributed by atoms with E-state index in [2.05, 4.69) is 5.32 Å². The van der Waals surface area contributed by atoms with Crippen molar-refractivity contribution in [1.29, 1.82) is 5.26 Å². The highest BCUT2D eigenvalue weighted by Gasteiger charge is 2.18. The lowest BCUT2D eigenvalue weighted by Crippen LogP contribution is -2.46. The first kappa shape index (κ1) is 17.2. The van der Waals surface area contributed by atoms with Crippen molar-refractivity contribution < 1.29 is 14.0 Å². The van der Waals surface area contributed by atoms with Gasteiger partial charge in [0.15, 0.2) is 0 Å². The van der Waals surface area contributed by atoms with Crippen molar-refractivity contribution in [3.8, 4) is 6.07 Å². The van der Waals surface area contributed by atoms with Crippen LogP contribution in [-0.4, -0.2) is 17.9 Å². The van der Waals surface area contributed by atoms with Crippen molar-refractivity contribution in [1.82, 2.24) is 5.32 Å². The third-order valence-electron chi connectivity index (χ3n) is 3.46. The van der Waals surface area contributed by atoms with E-state index in [-0.39, 0.29) is 12.8 Å². The Balaban J connectivity index is 2.01. The highest BCUT2D eigenvalue weighted by atomic mass is 19.1. The normalized spacial score (nSPS) is 11.3. The van der Waals surface area contributed by atoms with Crippen molar-refractivity contribution in [2.45, 2.75) is 18.9 Å². The molecule has 6 heteroatoms. The summed E-state index contributed by atoms with van der Waals surface area (Å²) in [5.74, 6) is -1.51. The van der Waals surface area contributed by atoms with Gasteiger partial charge in [-0.1, -0.05) is 24.3 Å². The van der Waals surface area contributed by atoms with Gasteiger partial charge in [-0.05, 0) is 35.4 Å². The van der Waals surface area contributed by atoms with Crippen LogP contribution in [0.2, 0.25) is 0 Å². The van der Waals surface area contributed by atoms with E-state index in [0.717, 1.165) is 5.56 Å². The number of amides is 2. The van der Waals surface area contributed by atoms with Crippen LogP contribution in [0, 0.1) is 17.1 Å². The van der Waals surface area contributed by atoms with Crippen molar-refractivity contribution in [3.63, 3.8) is 0 Å². The van der Waals surface area contributed by atoms with Gasteiger partial charge in [0, 0.05) is 6.42 Å². The number of nitriles is 1. The number of benzene rings is 2. The molecule has 2 amide bonds. The van der Waals surface area contributed by atoms with E-state index in [0.29, 0.717) is 11.1 Å². The topological polar surface area (TPSA) is 96.0 Å². The minimum Gasteiger partial charge on any atom is -0.368 e. The summed E-state index contributed by atoms with van der Waals surface area (Å²) in [7, 11) is 0. The predicted molar refractivity (Wildman–Crippen MR) is 86.1 cm³/mol. The zero-order chi connectivity index (χ0) is 17.5. The van der Waals surface area contributed by atoms with E-state index in [1.165, 1.54) is 18.2 Å². The van der Waals surface area contributed by atoms with E-state index >= 15 is 0 Å². The minimum absolute atomic E-state index is 0.0467. The Kier molecular flexibility index (Phi) is 5.63. The fraction of sp³-hybridized carbons (Fsp3) is 0.167. The first-order valence-electron chi connectivity index (χ1n) is 7.30. The third kappa shape index (κ3) is 4.92. The Bertz CT molecular complexity index is 782. The van der Waals surface area contributed by atoms with Crippen LogP contribution in [0.25, 0.3) is 0 Å². The van der Waals surface area contributed by atoms with Crippen LogP contribution in [-0.2, 0) is 22.4 Å². The maximum Gasteiger partial charge on any atom is 0.240 e. The molecule has 0 aliphatic carbocycles. The third-order valence-corrected chi connectivity index (χ3v) is 3.46. The molecule has 3 N–H and O–H groups in total. The highest BCUT2D eigenvalue weighted by Crippen LogP contribution is 2.08. The van der Waals surface area contributed by atoms with Crippen LogP contribution in [0.1, 0.15) is 16.7 Å². The standard InChI is InChI=1S/C18H16FN3O2/c19-15-3-1-2-14(8-15)10-17(23)22-16(18(21)24)9-12-4-6-13(11-20)7-5-12/h1-8,16H,9-10H2,(H2,21,24)(H,22,23)/t16-/m1/s1. The maximum atomic E-state index is 13.1. The molecule has 0 heterocycles. The van der Waals surface area contributed by atoms with Crippen LogP contribution in [0.5, 0.6) is 0 Å². The number of nitrogens with one attached hydrogen (secondary N) is 1. The van der Waals surface area contributed by atoms with Gasteiger partial charge in [-0.15, -0.1) is 0 Å². The molecule has 2 aromatic rings. The number of primary amides is 1. The van der Waals surface area contributed by atoms with Gasteiger partial charge in [-0.25, -0.2) is 4.39 Å². The molecule has 0 fully saturated rings. The molecule has 0 bridgehead atoms. The summed E-state index contributed by atoms with van der Waals surface area (Å²) in [5, 5.41) is 11.3. The maximum absolute atomic E-state index is 13.1. The summed E-state index contributed by atoms with van der Waals surface area (Å²) in [4.78, 5) is 23.6. The van der Waals surface area contributed by atoms with Crippen LogP contribution < -0.4 is 11.1 Å². The second-order valence-corrected chi connectivity index (χ2v) is 5.34. The molecule has 0 unspecified atom stereocenters. The summed E-state index contributed by atoms with van der Waals surface area (Å²) in [6, 6.07) is 13.5. The molecular formula is C18H16FN3O2. The lowest BCUT2D eigenvalue weighted by Gasteiger charge is -2.15. The molecule has 0 saturated heterocycles. The van der Waals surface area contributed by atoms with Gasteiger partial charge in [0.25, 0.3) is 0 Å². The largest absolute Gasteiger partial charge is 0.368 e. The Labute approximate surface area is 138 Å². The molecule has 24 heavy (non-hydrogen) atoms. The fourth-order valence-electron chi connectivity index (χ4n) is 2.25. The zero-order valence-corrected chi connectivity index (χ0v) is 12.8. The molecule has 0 radical (unpaired) electrons. The highest BCUT2D eigenvalue weighted by molar-refractivity contribution is 5.87. The van der Waals surface area contributed by atoms with Gasteiger partial charge in [0.2, 0.25) is 11.8 Å². The van der Waals surface area contributed by atoms with E-state index < -0.39 is 23.7 Å². The number of carbonyl (C=O) groups excluding carboxylic acids is 2. The first-order valence-corrected chi connectivity index (χ1v) is 7.30. The van der Waals surface area contributed by atoms with Gasteiger partial charge < -0.3 is 11.1 Å². The van der Waals surface area contributed by atoms with E-state index in [1.54, 1.807) is 30.3 Å². The minimum atomic E-state index is -0.876. The molecule has 0 spiro atoms. The summed E-state index contributed by atoms with van der Waals surface area (Å²) in [5.41, 5.74) is 7.12. The molecule has 2 aromatic carbocycles. The Hall–Kier alpha value is -3.20. The van der Waals surface area contributed by atoms with Gasteiger partial charge >= 0.3 is 0 Å². The average molecular weight is 325 g/mol. The van der Waals surface area contributed by atoms with Gasteiger partial charge in [0.1, 0.15) is 11.9 Å². The fourth-order valence-corrected chi connectivity index (χ4v) is 2.25. The van der Waals surface area contributed by atoms with Gasteiger partial charge in [0.05, 0.1) is 18.1 Å². The molecule has 0 aromatic heterocycles. The molecule has 1 atom stereocenters. The molecule has 122 valence electrons. The van der Waals surface area contributed by atoms with Crippen molar-refractivity contribution >= 4 is 11.8 Å². The summed E-state index contributed by atoms with van der Waals surface area (Å²) in [6.45, 7) is 0. The number of rotatable bonds is 6. The van der Waals surface area contributed by atoms with Gasteiger partial charge in [-0.2, -0.15) is 5.26 Å². The van der Waals surface area contributed by atoms with E-state index in [4.69, 9.17) is 11.0 Å². The monoisotopic (exact) mass is 325 g/mol. The van der Waals surface area contributed by atoms with Crippen molar-refractivity contribution in [3.05, 3.63) is 71.0 Å². The number of carbonyl (C=O) groups is 2. The molecule has 0 aliphatic heterocycles. The van der Waals surface area contributed by atoms with E-state index in [9.17, 15) is 14.0 Å². The van der Waals surface area contributed by atoms with Crippen molar-refractivity contribution in [2.24, 2.45) is 5.73 Å². The number of nitrogens with two attached hydrogens (primary N) is 1. The summed E-state index contributed by atoms with van der Waals surface area (Å²) in [6.07, 6.45) is 0.171. The molecule has 0 saturated carbocycles. The Morgan fingerprint density at radius 3 is 2.46 bits per heavy atom. The van der Waals surface area contributed by atoms with Crippen LogP contribution in [0.4, 0.5) is 4.39 Å². The summed E-state index contributed by atoms with van der Waals surface area (Å²) >= 11 is 0. The molecule has 2 rings (SSSR count). The lowest BCUT2D eigenvalue weighted by atomic mass is 10.0. The Morgan fingerprint density at radius 2 is 1.88 bits per heavy atom. The van der Waals surface area contributed by atoms with Crippen LogP contribution >= 0.6 is 0 Å². The lowest BCUT2D eigenvalue weighted by molar-refractivity contribution is -0.127. The number of hydrogen-bond acceptors (Lipinski definition) is 3. The molecule has 0 aliphatic rings. The van der Waals surface area contributed by atoms with Crippen LogP contribution in [0.3, 0.4) is 0 Å². The van der Waals surface area contributed by atoms with Crippen LogP contribution in [0.15, 0.2) is 48.5 Å². The van der Waals surface area contributed by atoms with Gasteiger partial charge in [-0.3, -0.25) is 9.59 Å². The zero-order valence-electron chi connectivity index (χ0n) is 12.8. The second-order valence-electron chi connectivity index (χ2n) is 5.34. The number of halogens is 1. The van der Waals surface area contributed by atoms with E-state index in [1.807, 2.05) is 6.07 Å². The number of nitrogens with zero attached hydrogens (tertiary/aromatic N) is 1. The summed E-state index contributed by atoms with van der Waals surface area (Å²) < 4.78 is 13.1. The second kappa shape index (κ2) is 7.88. The average Bonchev–Trinajstić information content (AvgIpc) is 2.54. The predicted octanol–water partition coefficient (Wildman–Crippen LogP) is 1.45. The molecule has 5 nitrogen and oxygen atoms in total. The smallest absolute Gasteiger partial charge is 0.240 e.